The van der Waals surface area contributed by atoms with E-state index in [-0.39, 0.29) is 6.61 Å². The van der Waals surface area contributed by atoms with Crippen molar-refractivity contribution in [2.45, 2.75) is 19.4 Å². The summed E-state index contributed by atoms with van der Waals surface area (Å²) in [5.74, 6) is 1.60. The molecule has 0 fully saturated rings. The van der Waals surface area contributed by atoms with E-state index in [1.165, 1.54) is 0 Å². The Hall–Kier alpha value is -2.82. The fraction of sp³-hybridized carbons (Fsp3) is 0.280. The van der Waals surface area contributed by atoms with E-state index in [0.717, 1.165) is 28.2 Å². The zero-order valence-corrected chi connectivity index (χ0v) is 17.1. The SMILES string of the molecule is CCOc1ccccc1C(NCCO)(c1ccccc1)c1ccccc1OCC. The topological polar surface area (TPSA) is 50.7 Å². The third-order valence-corrected chi connectivity index (χ3v) is 4.89. The number of aliphatic hydroxyl groups excluding tert-OH is 1. The van der Waals surface area contributed by atoms with E-state index < -0.39 is 5.54 Å². The molecule has 0 amide bonds. The Morgan fingerprint density at radius 2 is 1.21 bits per heavy atom. The number of hydrogen-bond acceptors (Lipinski definition) is 4. The van der Waals surface area contributed by atoms with Crippen LogP contribution in [0.4, 0.5) is 0 Å². The Morgan fingerprint density at radius 3 is 1.69 bits per heavy atom. The lowest BCUT2D eigenvalue weighted by molar-refractivity contribution is 0.269. The van der Waals surface area contributed by atoms with Crippen LogP contribution in [0, 0.1) is 0 Å². The van der Waals surface area contributed by atoms with Gasteiger partial charge in [-0.25, -0.2) is 0 Å². The number of rotatable bonds is 10. The lowest BCUT2D eigenvalue weighted by Crippen LogP contribution is -2.46. The number of nitrogens with one attached hydrogen (secondary N) is 1. The van der Waals surface area contributed by atoms with Crippen molar-refractivity contribution >= 4 is 0 Å². The molecule has 0 saturated heterocycles. The standard InChI is InChI=1S/C25H29NO3/c1-3-28-23-16-10-8-14-21(23)25(26-18-19-27,20-12-6-5-7-13-20)22-15-9-11-17-24(22)29-4-2/h5-17,26-27H,3-4,18-19H2,1-2H3. The molecule has 0 heterocycles. The first-order valence-electron chi connectivity index (χ1n) is 10.1. The molecule has 4 nitrogen and oxygen atoms in total. The van der Waals surface area contributed by atoms with Crippen LogP contribution in [0.2, 0.25) is 0 Å². The minimum absolute atomic E-state index is 0.0161. The molecule has 4 heteroatoms. The summed E-state index contributed by atoms with van der Waals surface area (Å²) in [6, 6.07) is 26.3. The van der Waals surface area contributed by atoms with Crippen LogP contribution in [0.5, 0.6) is 11.5 Å². The minimum atomic E-state index is -0.748. The maximum absolute atomic E-state index is 9.69. The highest BCUT2D eigenvalue weighted by atomic mass is 16.5. The van der Waals surface area contributed by atoms with Crippen molar-refractivity contribution in [2.24, 2.45) is 0 Å². The van der Waals surface area contributed by atoms with Crippen molar-refractivity contribution in [1.82, 2.24) is 5.32 Å². The van der Waals surface area contributed by atoms with E-state index in [4.69, 9.17) is 9.47 Å². The number of para-hydroxylation sites is 2. The number of aliphatic hydroxyl groups is 1. The van der Waals surface area contributed by atoms with Gasteiger partial charge < -0.3 is 14.6 Å². The molecule has 0 aliphatic carbocycles. The van der Waals surface area contributed by atoms with Gasteiger partial charge in [0, 0.05) is 17.7 Å². The van der Waals surface area contributed by atoms with E-state index >= 15 is 0 Å². The van der Waals surface area contributed by atoms with Crippen molar-refractivity contribution in [3.05, 3.63) is 95.6 Å². The van der Waals surface area contributed by atoms with Gasteiger partial charge in [-0.05, 0) is 31.5 Å². The quantitative estimate of drug-likeness (QED) is 0.504. The predicted octanol–water partition coefficient (Wildman–Crippen LogP) is 4.36. The van der Waals surface area contributed by atoms with Crippen molar-refractivity contribution in [1.29, 1.82) is 0 Å². The van der Waals surface area contributed by atoms with Crippen molar-refractivity contribution < 1.29 is 14.6 Å². The maximum atomic E-state index is 9.69. The van der Waals surface area contributed by atoms with Crippen molar-refractivity contribution in [3.63, 3.8) is 0 Å². The molecule has 29 heavy (non-hydrogen) atoms. The van der Waals surface area contributed by atoms with Crippen molar-refractivity contribution in [3.8, 4) is 11.5 Å². The lowest BCUT2D eigenvalue weighted by atomic mass is 9.76. The van der Waals surface area contributed by atoms with E-state index in [9.17, 15) is 5.11 Å². The Bertz CT molecular complexity index is 846. The number of ether oxygens (including phenoxy) is 2. The van der Waals surface area contributed by atoms with Gasteiger partial charge in [-0.15, -0.1) is 0 Å². The van der Waals surface area contributed by atoms with Gasteiger partial charge in [-0.2, -0.15) is 0 Å². The summed E-state index contributed by atoms with van der Waals surface area (Å²) in [7, 11) is 0. The summed E-state index contributed by atoms with van der Waals surface area (Å²) in [5, 5.41) is 13.3. The average Bonchev–Trinajstić information content (AvgIpc) is 2.77. The normalized spacial score (nSPS) is 11.3. The van der Waals surface area contributed by atoms with Crippen LogP contribution in [0.25, 0.3) is 0 Å². The summed E-state index contributed by atoms with van der Waals surface area (Å²) in [4.78, 5) is 0. The second kappa shape index (κ2) is 10.1. The van der Waals surface area contributed by atoms with Crippen LogP contribution in [0.1, 0.15) is 30.5 Å². The monoisotopic (exact) mass is 391 g/mol. The molecule has 3 aromatic carbocycles. The zero-order valence-electron chi connectivity index (χ0n) is 17.1. The maximum Gasteiger partial charge on any atom is 0.125 e. The van der Waals surface area contributed by atoms with Crippen LogP contribution in [-0.4, -0.2) is 31.5 Å². The van der Waals surface area contributed by atoms with Crippen LogP contribution in [-0.2, 0) is 5.54 Å². The number of benzene rings is 3. The van der Waals surface area contributed by atoms with Gasteiger partial charge in [-0.3, -0.25) is 5.32 Å². The largest absolute Gasteiger partial charge is 0.493 e. The van der Waals surface area contributed by atoms with Gasteiger partial charge in [-0.1, -0.05) is 66.7 Å². The Kier molecular flexibility index (Phi) is 7.28. The summed E-state index contributed by atoms with van der Waals surface area (Å²) in [6.07, 6.45) is 0. The predicted molar refractivity (Wildman–Crippen MR) is 117 cm³/mol. The summed E-state index contributed by atoms with van der Waals surface area (Å²) >= 11 is 0. The number of hydrogen-bond donors (Lipinski definition) is 2. The Morgan fingerprint density at radius 1 is 0.724 bits per heavy atom. The minimum Gasteiger partial charge on any atom is -0.493 e. The third kappa shape index (κ3) is 4.29. The molecule has 0 aromatic heterocycles. The summed E-state index contributed by atoms with van der Waals surface area (Å²) in [6.45, 7) is 5.52. The molecular formula is C25H29NO3. The molecule has 152 valence electrons. The van der Waals surface area contributed by atoms with Crippen LogP contribution >= 0.6 is 0 Å². The molecule has 0 aliphatic rings. The first-order chi connectivity index (χ1) is 14.3. The molecule has 2 N–H and O–H groups in total. The molecule has 0 aliphatic heterocycles. The van der Waals surface area contributed by atoms with Gasteiger partial charge in [0.15, 0.2) is 0 Å². The molecule has 3 rings (SSSR count). The summed E-state index contributed by atoms with van der Waals surface area (Å²) in [5.41, 5.74) is 2.26. The van der Waals surface area contributed by atoms with Crippen LogP contribution in [0.15, 0.2) is 78.9 Å². The Labute approximate surface area is 173 Å². The fourth-order valence-corrected chi connectivity index (χ4v) is 3.80. The zero-order chi connectivity index (χ0) is 20.5. The second-order valence-electron chi connectivity index (χ2n) is 6.62. The van der Waals surface area contributed by atoms with Gasteiger partial charge in [0.1, 0.15) is 17.0 Å². The second-order valence-corrected chi connectivity index (χ2v) is 6.62. The molecule has 0 atom stereocenters. The van der Waals surface area contributed by atoms with E-state index in [2.05, 4.69) is 29.6 Å². The molecule has 3 aromatic rings. The van der Waals surface area contributed by atoms with Crippen LogP contribution < -0.4 is 14.8 Å². The smallest absolute Gasteiger partial charge is 0.125 e. The van der Waals surface area contributed by atoms with E-state index in [1.807, 2.05) is 68.4 Å². The highest BCUT2D eigenvalue weighted by molar-refractivity contribution is 5.58. The summed E-state index contributed by atoms with van der Waals surface area (Å²) < 4.78 is 12.0. The molecule has 0 spiro atoms. The molecule has 0 bridgehead atoms. The van der Waals surface area contributed by atoms with E-state index in [1.54, 1.807) is 0 Å². The lowest BCUT2D eigenvalue weighted by Gasteiger charge is -2.38. The molecule has 0 radical (unpaired) electrons. The van der Waals surface area contributed by atoms with Crippen LogP contribution in [0.3, 0.4) is 0 Å². The Balaban J connectivity index is 2.37. The first kappa shape index (κ1) is 20.9. The third-order valence-electron chi connectivity index (χ3n) is 4.89. The van der Waals surface area contributed by atoms with Gasteiger partial charge in [0.2, 0.25) is 0 Å². The van der Waals surface area contributed by atoms with Gasteiger partial charge >= 0.3 is 0 Å². The molecule has 0 unspecified atom stereocenters. The average molecular weight is 392 g/mol. The highest BCUT2D eigenvalue weighted by Crippen LogP contribution is 2.44. The molecule has 0 saturated carbocycles. The van der Waals surface area contributed by atoms with E-state index in [0.29, 0.717) is 19.8 Å². The van der Waals surface area contributed by atoms with Crippen molar-refractivity contribution in [2.75, 3.05) is 26.4 Å². The van der Waals surface area contributed by atoms with Gasteiger partial charge in [0.25, 0.3) is 0 Å². The molecular weight excluding hydrogens is 362 g/mol. The highest BCUT2D eigenvalue weighted by Gasteiger charge is 2.40. The van der Waals surface area contributed by atoms with Gasteiger partial charge in [0.05, 0.1) is 19.8 Å². The first-order valence-corrected chi connectivity index (χ1v) is 10.1. The fourth-order valence-electron chi connectivity index (χ4n) is 3.80.